The van der Waals surface area contributed by atoms with Crippen molar-refractivity contribution in [1.82, 2.24) is 14.9 Å². The van der Waals surface area contributed by atoms with Gasteiger partial charge >= 0.3 is 0 Å². The number of amides is 2. The Morgan fingerprint density at radius 2 is 1.57 bits per heavy atom. The van der Waals surface area contributed by atoms with E-state index in [1.807, 2.05) is 30.3 Å². The molecule has 9 heteroatoms. The maximum absolute atomic E-state index is 13.8. The van der Waals surface area contributed by atoms with Crippen LogP contribution in [0.15, 0.2) is 83.8 Å². The molecule has 0 radical (unpaired) electrons. The first-order chi connectivity index (χ1) is 20.2. The van der Waals surface area contributed by atoms with Crippen LogP contribution in [0.3, 0.4) is 0 Å². The van der Waals surface area contributed by atoms with Crippen LogP contribution in [0, 0.1) is 5.82 Å². The molecule has 3 aromatic carbocycles. The maximum Gasteiger partial charge on any atom is 0.243 e. The number of aryl methyl sites for hydroxylation is 1. The first kappa shape index (κ1) is 31.4. The Bertz CT molecular complexity index is 1410. The number of halogens is 1. The minimum atomic E-state index is -3.55. The Morgan fingerprint density at radius 1 is 0.905 bits per heavy atom. The third kappa shape index (κ3) is 9.49. The smallest absolute Gasteiger partial charge is 0.243 e. The third-order valence-electron chi connectivity index (χ3n) is 7.38. The molecule has 0 aliphatic heterocycles. The fourth-order valence-electron chi connectivity index (χ4n) is 4.76. The molecule has 0 spiro atoms. The van der Waals surface area contributed by atoms with Crippen LogP contribution in [0.1, 0.15) is 62.1 Å². The van der Waals surface area contributed by atoms with E-state index in [1.54, 1.807) is 41.3 Å². The van der Waals surface area contributed by atoms with Gasteiger partial charge in [-0.3, -0.25) is 9.59 Å². The van der Waals surface area contributed by atoms with E-state index in [9.17, 15) is 22.4 Å². The molecular formula is C33H40FN3O4S. The maximum atomic E-state index is 13.8. The van der Waals surface area contributed by atoms with Crippen LogP contribution in [0.2, 0.25) is 0 Å². The van der Waals surface area contributed by atoms with Gasteiger partial charge in [0, 0.05) is 32.0 Å². The summed E-state index contributed by atoms with van der Waals surface area (Å²) >= 11 is 0. The fourth-order valence-corrected chi connectivity index (χ4v) is 6.07. The summed E-state index contributed by atoms with van der Waals surface area (Å²) in [6.07, 6.45) is 5.45. The van der Waals surface area contributed by atoms with Gasteiger partial charge < -0.3 is 10.2 Å². The number of hydrogen-bond acceptors (Lipinski definition) is 4. The van der Waals surface area contributed by atoms with Gasteiger partial charge in [0.25, 0.3) is 0 Å². The highest BCUT2D eigenvalue weighted by Gasteiger charge is 2.30. The summed E-state index contributed by atoms with van der Waals surface area (Å²) in [5.41, 5.74) is 2.47. The zero-order chi connectivity index (χ0) is 30.0. The molecule has 1 aliphatic carbocycles. The Labute approximate surface area is 248 Å². The van der Waals surface area contributed by atoms with E-state index >= 15 is 0 Å². The van der Waals surface area contributed by atoms with Crippen molar-refractivity contribution in [3.8, 4) is 0 Å². The molecule has 0 bridgehead atoms. The molecule has 42 heavy (non-hydrogen) atoms. The van der Waals surface area contributed by atoms with Crippen LogP contribution in [0.4, 0.5) is 4.39 Å². The van der Waals surface area contributed by atoms with Crippen molar-refractivity contribution in [2.45, 2.75) is 81.8 Å². The number of carbonyl (C=O) groups excluding carboxylic acids is 2. The van der Waals surface area contributed by atoms with Crippen LogP contribution in [0.25, 0.3) is 0 Å². The second kappa shape index (κ2) is 15.1. The molecule has 0 saturated heterocycles. The van der Waals surface area contributed by atoms with Gasteiger partial charge in [0.05, 0.1) is 4.90 Å². The number of sulfonamides is 1. The summed E-state index contributed by atoms with van der Waals surface area (Å²) in [5, 5.41) is 3.02. The quantitative estimate of drug-likeness (QED) is 0.225. The van der Waals surface area contributed by atoms with Gasteiger partial charge in [0.15, 0.2) is 0 Å². The predicted molar refractivity (Wildman–Crippen MR) is 162 cm³/mol. The van der Waals surface area contributed by atoms with E-state index < -0.39 is 16.1 Å². The second-order valence-corrected chi connectivity index (χ2v) is 12.6. The summed E-state index contributed by atoms with van der Waals surface area (Å²) in [6.45, 7) is 2.78. The SMILES string of the molecule is CCCCCNC(=O)[C@@H](Cc1ccccc1)N(Cc1ccc(F)cc1)C(=O)CCc1ccc(S(=O)(=O)NC2CC2)cc1. The van der Waals surface area contributed by atoms with Gasteiger partial charge in [-0.25, -0.2) is 17.5 Å². The molecule has 2 amide bonds. The zero-order valence-corrected chi connectivity index (χ0v) is 24.9. The molecule has 7 nitrogen and oxygen atoms in total. The summed E-state index contributed by atoms with van der Waals surface area (Å²) in [5.74, 6) is -0.803. The van der Waals surface area contributed by atoms with Crippen molar-refractivity contribution < 1.29 is 22.4 Å². The number of nitrogens with one attached hydrogen (secondary N) is 2. The average molecular weight is 594 g/mol. The molecule has 0 unspecified atom stereocenters. The summed E-state index contributed by atoms with van der Waals surface area (Å²) < 4.78 is 41.3. The summed E-state index contributed by atoms with van der Waals surface area (Å²) in [6, 6.07) is 21.4. The highest BCUT2D eigenvalue weighted by Crippen LogP contribution is 2.23. The predicted octanol–water partition coefficient (Wildman–Crippen LogP) is 5.15. The van der Waals surface area contributed by atoms with E-state index in [1.165, 1.54) is 12.1 Å². The minimum Gasteiger partial charge on any atom is -0.354 e. The molecule has 4 rings (SSSR count). The first-order valence-electron chi connectivity index (χ1n) is 14.7. The number of carbonyl (C=O) groups is 2. The molecule has 1 fully saturated rings. The van der Waals surface area contributed by atoms with Crippen LogP contribution in [-0.4, -0.2) is 43.8 Å². The number of hydrogen-bond donors (Lipinski definition) is 2. The molecule has 3 aromatic rings. The lowest BCUT2D eigenvalue weighted by atomic mass is 10.0. The number of nitrogens with zero attached hydrogens (tertiary/aromatic N) is 1. The van der Waals surface area contributed by atoms with Gasteiger partial charge in [0.2, 0.25) is 21.8 Å². The number of benzene rings is 3. The van der Waals surface area contributed by atoms with Crippen LogP contribution in [-0.2, 0) is 39.0 Å². The molecule has 2 N–H and O–H groups in total. The van der Waals surface area contributed by atoms with Crippen molar-refractivity contribution in [3.63, 3.8) is 0 Å². The Balaban J connectivity index is 1.52. The van der Waals surface area contributed by atoms with Gasteiger partial charge in [-0.05, 0) is 66.6 Å². The Hall–Kier alpha value is -3.56. The third-order valence-corrected chi connectivity index (χ3v) is 8.91. The molecule has 1 atom stereocenters. The monoisotopic (exact) mass is 593 g/mol. The largest absolute Gasteiger partial charge is 0.354 e. The molecule has 224 valence electrons. The Morgan fingerprint density at radius 3 is 2.21 bits per heavy atom. The van der Waals surface area contributed by atoms with Gasteiger partial charge in [-0.2, -0.15) is 0 Å². The fraction of sp³-hybridized carbons (Fsp3) is 0.394. The molecule has 1 saturated carbocycles. The lowest BCUT2D eigenvalue weighted by Crippen LogP contribution is -2.50. The second-order valence-electron chi connectivity index (χ2n) is 10.9. The first-order valence-corrected chi connectivity index (χ1v) is 16.2. The van der Waals surface area contributed by atoms with Crippen molar-refractivity contribution in [2.75, 3.05) is 6.54 Å². The van der Waals surface area contributed by atoms with E-state index in [-0.39, 0.29) is 41.5 Å². The van der Waals surface area contributed by atoms with E-state index in [0.29, 0.717) is 19.4 Å². The van der Waals surface area contributed by atoms with Gasteiger partial charge in [-0.15, -0.1) is 0 Å². The summed E-state index contributed by atoms with van der Waals surface area (Å²) in [7, 11) is -3.55. The Kier molecular flexibility index (Phi) is 11.3. The van der Waals surface area contributed by atoms with Crippen molar-refractivity contribution in [3.05, 3.63) is 101 Å². The lowest BCUT2D eigenvalue weighted by Gasteiger charge is -2.31. The minimum absolute atomic E-state index is 0.0204. The molecular weight excluding hydrogens is 553 g/mol. The highest BCUT2D eigenvalue weighted by molar-refractivity contribution is 7.89. The standard InChI is InChI=1S/C33H40FN3O4S/c1-2-3-7-22-35-33(39)31(23-26-8-5-4-6-9-26)37(24-27-10-15-28(34)16-11-27)32(38)21-14-25-12-19-30(20-13-25)42(40,41)36-29-17-18-29/h4-6,8-13,15-16,19-20,29,31,36H,2-3,7,14,17-18,21-24H2,1H3,(H,35,39)/t31-/m1/s1. The van der Waals surface area contributed by atoms with Crippen molar-refractivity contribution >= 4 is 21.8 Å². The van der Waals surface area contributed by atoms with Crippen molar-refractivity contribution in [1.29, 1.82) is 0 Å². The average Bonchev–Trinajstić information content (AvgIpc) is 3.81. The zero-order valence-electron chi connectivity index (χ0n) is 24.1. The van der Waals surface area contributed by atoms with E-state index in [0.717, 1.165) is 48.8 Å². The highest BCUT2D eigenvalue weighted by atomic mass is 32.2. The normalized spacial score (nSPS) is 13.9. The number of rotatable bonds is 16. The number of unbranched alkanes of at least 4 members (excludes halogenated alkanes) is 2. The molecule has 1 aliphatic rings. The van der Waals surface area contributed by atoms with Crippen LogP contribution < -0.4 is 10.0 Å². The van der Waals surface area contributed by atoms with Crippen molar-refractivity contribution in [2.24, 2.45) is 0 Å². The van der Waals surface area contributed by atoms with E-state index in [2.05, 4.69) is 17.0 Å². The van der Waals surface area contributed by atoms with Crippen LogP contribution in [0.5, 0.6) is 0 Å². The lowest BCUT2D eigenvalue weighted by molar-refractivity contribution is -0.141. The molecule has 0 heterocycles. The van der Waals surface area contributed by atoms with Gasteiger partial charge in [-0.1, -0.05) is 74.4 Å². The van der Waals surface area contributed by atoms with Crippen LogP contribution >= 0.6 is 0 Å². The van der Waals surface area contributed by atoms with Gasteiger partial charge in [0.1, 0.15) is 11.9 Å². The topological polar surface area (TPSA) is 95.6 Å². The molecule has 0 aromatic heterocycles. The van der Waals surface area contributed by atoms with E-state index in [4.69, 9.17) is 0 Å². The summed E-state index contributed by atoms with van der Waals surface area (Å²) in [4.78, 5) is 29.2.